The summed E-state index contributed by atoms with van der Waals surface area (Å²) in [5.41, 5.74) is 6.05. The largest absolute Gasteiger partial charge is 0.495 e. The fourth-order valence-corrected chi connectivity index (χ4v) is 1.57. The van der Waals surface area contributed by atoms with Gasteiger partial charge in [0.15, 0.2) is 0 Å². The zero-order chi connectivity index (χ0) is 10.0. The average Bonchev–Trinajstić information content (AvgIpc) is 2.07. The molecule has 1 unspecified atom stereocenters. The van der Waals surface area contributed by atoms with Crippen molar-refractivity contribution < 1.29 is 9.13 Å². The SMILES string of the molecule is COc1cc(F)c(C(C)N)cc1Br. The van der Waals surface area contributed by atoms with Gasteiger partial charge in [-0.1, -0.05) is 0 Å². The average molecular weight is 248 g/mol. The van der Waals surface area contributed by atoms with Gasteiger partial charge in [-0.05, 0) is 28.9 Å². The fourth-order valence-electron chi connectivity index (χ4n) is 1.05. The van der Waals surface area contributed by atoms with Gasteiger partial charge in [-0.15, -0.1) is 0 Å². The van der Waals surface area contributed by atoms with Crippen LogP contribution in [0.3, 0.4) is 0 Å². The van der Waals surface area contributed by atoms with E-state index < -0.39 is 0 Å². The zero-order valence-corrected chi connectivity index (χ0v) is 9.06. The van der Waals surface area contributed by atoms with Crippen LogP contribution in [0, 0.1) is 5.82 Å². The van der Waals surface area contributed by atoms with Crippen LogP contribution in [-0.2, 0) is 0 Å². The molecule has 0 spiro atoms. The fraction of sp³-hybridized carbons (Fsp3) is 0.333. The van der Waals surface area contributed by atoms with Crippen LogP contribution in [0.1, 0.15) is 18.5 Å². The Kier molecular flexibility index (Phi) is 3.27. The molecule has 2 N–H and O–H groups in total. The summed E-state index contributed by atoms with van der Waals surface area (Å²) in [5.74, 6) is 0.136. The van der Waals surface area contributed by atoms with Gasteiger partial charge >= 0.3 is 0 Å². The van der Waals surface area contributed by atoms with Crippen LogP contribution < -0.4 is 10.5 Å². The highest BCUT2D eigenvalue weighted by atomic mass is 79.9. The standard InChI is InChI=1S/C9H11BrFNO/c1-5(12)6-3-7(10)9(13-2)4-8(6)11/h3-5H,12H2,1-2H3. The minimum absolute atomic E-state index is 0.317. The Morgan fingerprint density at radius 2 is 2.15 bits per heavy atom. The second kappa shape index (κ2) is 4.07. The molecule has 0 fully saturated rings. The molecule has 0 amide bonds. The first-order chi connectivity index (χ1) is 6.06. The third-order valence-corrected chi connectivity index (χ3v) is 2.38. The maximum Gasteiger partial charge on any atom is 0.135 e. The lowest BCUT2D eigenvalue weighted by molar-refractivity contribution is 0.407. The molecule has 0 heterocycles. The molecule has 0 aliphatic carbocycles. The van der Waals surface area contributed by atoms with Crippen molar-refractivity contribution in [1.29, 1.82) is 0 Å². The van der Waals surface area contributed by atoms with Crippen LogP contribution in [0.15, 0.2) is 16.6 Å². The minimum Gasteiger partial charge on any atom is -0.495 e. The molecule has 0 aliphatic heterocycles. The summed E-state index contributed by atoms with van der Waals surface area (Å²) in [6.07, 6.45) is 0. The smallest absolute Gasteiger partial charge is 0.135 e. The van der Waals surface area contributed by atoms with Crippen molar-refractivity contribution >= 4 is 15.9 Å². The Balaban J connectivity index is 3.20. The van der Waals surface area contributed by atoms with Gasteiger partial charge < -0.3 is 10.5 Å². The first kappa shape index (κ1) is 10.5. The molecular weight excluding hydrogens is 237 g/mol. The van der Waals surface area contributed by atoms with Crippen molar-refractivity contribution in [3.8, 4) is 5.75 Å². The Morgan fingerprint density at radius 1 is 1.54 bits per heavy atom. The third-order valence-electron chi connectivity index (χ3n) is 1.76. The van der Waals surface area contributed by atoms with Crippen molar-refractivity contribution in [2.75, 3.05) is 7.11 Å². The molecule has 13 heavy (non-hydrogen) atoms. The number of benzene rings is 1. The summed E-state index contributed by atoms with van der Waals surface area (Å²) in [4.78, 5) is 0. The topological polar surface area (TPSA) is 35.2 Å². The third kappa shape index (κ3) is 2.19. The summed E-state index contributed by atoms with van der Waals surface area (Å²) < 4.78 is 18.9. The van der Waals surface area contributed by atoms with E-state index in [1.54, 1.807) is 13.0 Å². The lowest BCUT2D eigenvalue weighted by atomic mass is 10.1. The van der Waals surface area contributed by atoms with Crippen LogP contribution in [0.4, 0.5) is 4.39 Å². The highest BCUT2D eigenvalue weighted by Gasteiger charge is 2.11. The number of nitrogens with two attached hydrogens (primary N) is 1. The molecule has 1 rings (SSSR count). The minimum atomic E-state index is -0.338. The number of methoxy groups -OCH3 is 1. The second-order valence-electron chi connectivity index (χ2n) is 2.80. The Morgan fingerprint density at radius 3 is 2.62 bits per heavy atom. The lowest BCUT2D eigenvalue weighted by Gasteiger charge is -2.10. The first-order valence-corrected chi connectivity index (χ1v) is 4.64. The van der Waals surface area contributed by atoms with E-state index in [4.69, 9.17) is 10.5 Å². The van der Waals surface area contributed by atoms with Gasteiger partial charge in [0, 0.05) is 17.7 Å². The van der Waals surface area contributed by atoms with Crippen molar-refractivity contribution in [3.05, 3.63) is 28.0 Å². The zero-order valence-electron chi connectivity index (χ0n) is 7.47. The molecule has 1 aromatic rings. The highest BCUT2D eigenvalue weighted by Crippen LogP contribution is 2.29. The van der Waals surface area contributed by atoms with E-state index in [1.807, 2.05) is 0 Å². The van der Waals surface area contributed by atoms with Crippen molar-refractivity contribution in [3.63, 3.8) is 0 Å². The van der Waals surface area contributed by atoms with E-state index in [0.29, 0.717) is 15.8 Å². The summed E-state index contributed by atoms with van der Waals surface area (Å²) in [7, 11) is 1.49. The Bertz CT molecular complexity index is 315. The quantitative estimate of drug-likeness (QED) is 0.873. The van der Waals surface area contributed by atoms with Gasteiger partial charge in [0.25, 0.3) is 0 Å². The summed E-state index contributed by atoms with van der Waals surface area (Å²) in [5, 5.41) is 0. The number of halogens is 2. The van der Waals surface area contributed by atoms with E-state index in [0.717, 1.165) is 0 Å². The molecule has 0 saturated heterocycles. The van der Waals surface area contributed by atoms with Crippen LogP contribution >= 0.6 is 15.9 Å². The number of hydrogen-bond donors (Lipinski definition) is 1. The molecule has 2 nitrogen and oxygen atoms in total. The van der Waals surface area contributed by atoms with Gasteiger partial charge in [-0.2, -0.15) is 0 Å². The molecule has 0 radical (unpaired) electrons. The van der Waals surface area contributed by atoms with E-state index in [2.05, 4.69) is 15.9 Å². The van der Waals surface area contributed by atoms with E-state index in [-0.39, 0.29) is 11.9 Å². The molecular formula is C9H11BrFNO. The molecule has 0 saturated carbocycles. The van der Waals surface area contributed by atoms with E-state index >= 15 is 0 Å². The first-order valence-electron chi connectivity index (χ1n) is 3.84. The molecule has 0 aromatic heterocycles. The molecule has 4 heteroatoms. The van der Waals surface area contributed by atoms with Crippen molar-refractivity contribution in [2.45, 2.75) is 13.0 Å². The van der Waals surface area contributed by atoms with Gasteiger partial charge in [0.05, 0.1) is 11.6 Å². The monoisotopic (exact) mass is 247 g/mol. The Labute approximate surface area is 85.0 Å². The molecule has 1 aromatic carbocycles. The normalized spacial score (nSPS) is 12.7. The molecule has 1 atom stereocenters. The van der Waals surface area contributed by atoms with Gasteiger partial charge in [0.1, 0.15) is 11.6 Å². The van der Waals surface area contributed by atoms with Crippen LogP contribution in [0.25, 0.3) is 0 Å². The van der Waals surface area contributed by atoms with Crippen molar-refractivity contribution in [1.82, 2.24) is 0 Å². The predicted molar refractivity (Wildman–Crippen MR) is 53.3 cm³/mol. The van der Waals surface area contributed by atoms with Gasteiger partial charge in [-0.3, -0.25) is 0 Å². The predicted octanol–water partition coefficient (Wildman–Crippen LogP) is 2.62. The highest BCUT2D eigenvalue weighted by molar-refractivity contribution is 9.10. The molecule has 72 valence electrons. The van der Waals surface area contributed by atoms with Crippen LogP contribution in [0.5, 0.6) is 5.75 Å². The van der Waals surface area contributed by atoms with E-state index in [9.17, 15) is 4.39 Å². The summed E-state index contributed by atoms with van der Waals surface area (Å²) >= 11 is 3.26. The number of rotatable bonds is 2. The van der Waals surface area contributed by atoms with E-state index in [1.165, 1.54) is 13.2 Å². The van der Waals surface area contributed by atoms with Gasteiger partial charge in [0.2, 0.25) is 0 Å². The van der Waals surface area contributed by atoms with Crippen LogP contribution in [-0.4, -0.2) is 7.11 Å². The van der Waals surface area contributed by atoms with Gasteiger partial charge in [-0.25, -0.2) is 4.39 Å². The molecule has 0 bridgehead atoms. The number of hydrogen-bond acceptors (Lipinski definition) is 2. The number of ether oxygens (including phenoxy) is 1. The Hall–Kier alpha value is -0.610. The second-order valence-corrected chi connectivity index (χ2v) is 3.65. The maximum atomic E-state index is 13.3. The lowest BCUT2D eigenvalue weighted by Crippen LogP contribution is -2.07. The maximum absolute atomic E-state index is 13.3. The summed E-state index contributed by atoms with van der Waals surface area (Å²) in [6.45, 7) is 1.73. The molecule has 0 aliphatic rings. The van der Waals surface area contributed by atoms with Crippen molar-refractivity contribution in [2.24, 2.45) is 5.73 Å². The van der Waals surface area contributed by atoms with Crippen LogP contribution in [0.2, 0.25) is 0 Å². The summed E-state index contributed by atoms with van der Waals surface area (Å²) in [6, 6.07) is 2.64.